The van der Waals surface area contributed by atoms with Crippen LogP contribution < -0.4 is 5.73 Å². The zero-order chi connectivity index (χ0) is 19.4. The molecule has 0 saturated carbocycles. The van der Waals surface area contributed by atoms with Gasteiger partial charge in [-0.05, 0) is 43.0 Å². The Morgan fingerprint density at radius 3 is 2.63 bits per heavy atom. The number of piperidine rings is 1. The second-order valence-corrected chi connectivity index (χ2v) is 7.56. The molecule has 2 N–H and O–H groups in total. The van der Waals surface area contributed by atoms with Crippen LogP contribution >= 0.6 is 0 Å². The van der Waals surface area contributed by atoms with Crippen molar-refractivity contribution in [3.63, 3.8) is 0 Å². The number of nitrogen functional groups attached to an aromatic ring is 1. The van der Waals surface area contributed by atoms with E-state index in [2.05, 4.69) is 9.97 Å². The maximum atomic E-state index is 12.8. The van der Waals surface area contributed by atoms with E-state index in [-0.39, 0.29) is 17.6 Å². The van der Waals surface area contributed by atoms with Crippen molar-refractivity contribution in [2.75, 3.05) is 18.8 Å². The SMILES string of the molecule is CC(C)CC(=O)C1CCCN(C(=O)c2ccc(-c3ccc(N)nc3)nc2)C1. The Balaban J connectivity index is 1.68. The van der Waals surface area contributed by atoms with Crippen molar-refractivity contribution in [2.24, 2.45) is 11.8 Å². The Morgan fingerprint density at radius 1 is 1.19 bits per heavy atom. The van der Waals surface area contributed by atoms with Crippen LogP contribution in [0.2, 0.25) is 0 Å². The summed E-state index contributed by atoms with van der Waals surface area (Å²) >= 11 is 0. The minimum Gasteiger partial charge on any atom is -0.384 e. The number of hydrogen-bond donors (Lipinski definition) is 1. The molecule has 1 fully saturated rings. The number of ketones is 1. The van der Waals surface area contributed by atoms with Crippen molar-refractivity contribution < 1.29 is 9.59 Å². The van der Waals surface area contributed by atoms with Gasteiger partial charge in [0.15, 0.2) is 0 Å². The average Bonchev–Trinajstić information content (AvgIpc) is 2.68. The van der Waals surface area contributed by atoms with Crippen LogP contribution in [0, 0.1) is 11.8 Å². The Labute approximate surface area is 159 Å². The van der Waals surface area contributed by atoms with Crippen molar-refractivity contribution in [1.29, 1.82) is 0 Å². The first-order chi connectivity index (χ1) is 12.9. The van der Waals surface area contributed by atoms with Crippen molar-refractivity contribution >= 4 is 17.5 Å². The van der Waals surface area contributed by atoms with Crippen molar-refractivity contribution in [1.82, 2.24) is 14.9 Å². The first kappa shape index (κ1) is 19.0. The lowest BCUT2D eigenvalue weighted by molar-refractivity contribution is -0.124. The summed E-state index contributed by atoms with van der Waals surface area (Å²) in [4.78, 5) is 35.4. The van der Waals surface area contributed by atoms with E-state index >= 15 is 0 Å². The van der Waals surface area contributed by atoms with Crippen LogP contribution in [0.5, 0.6) is 0 Å². The highest BCUT2D eigenvalue weighted by Crippen LogP contribution is 2.23. The molecule has 0 radical (unpaired) electrons. The van der Waals surface area contributed by atoms with E-state index in [1.807, 2.05) is 26.0 Å². The van der Waals surface area contributed by atoms with Gasteiger partial charge in [0.05, 0.1) is 11.3 Å². The van der Waals surface area contributed by atoms with E-state index in [0.717, 1.165) is 24.1 Å². The molecule has 3 heterocycles. The predicted octanol–water partition coefficient (Wildman–Crippen LogP) is 3.19. The number of likely N-dealkylation sites (tertiary alicyclic amines) is 1. The highest BCUT2D eigenvalue weighted by atomic mass is 16.2. The van der Waals surface area contributed by atoms with E-state index in [0.29, 0.717) is 36.8 Å². The van der Waals surface area contributed by atoms with Gasteiger partial charge in [-0.3, -0.25) is 14.6 Å². The summed E-state index contributed by atoms with van der Waals surface area (Å²) in [6.45, 7) is 5.29. The van der Waals surface area contributed by atoms with Crippen molar-refractivity contribution in [3.05, 3.63) is 42.2 Å². The summed E-state index contributed by atoms with van der Waals surface area (Å²) in [5, 5.41) is 0. The maximum absolute atomic E-state index is 12.8. The highest BCUT2D eigenvalue weighted by molar-refractivity contribution is 5.94. The number of nitrogens with two attached hydrogens (primary N) is 1. The number of nitrogens with zero attached hydrogens (tertiary/aromatic N) is 3. The Hall–Kier alpha value is -2.76. The third-order valence-electron chi connectivity index (χ3n) is 4.87. The number of hydrogen-bond acceptors (Lipinski definition) is 5. The zero-order valence-electron chi connectivity index (χ0n) is 15.9. The average molecular weight is 366 g/mol. The van der Waals surface area contributed by atoms with Crippen molar-refractivity contribution in [2.45, 2.75) is 33.1 Å². The van der Waals surface area contributed by atoms with E-state index in [1.54, 1.807) is 29.4 Å². The summed E-state index contributed by atoms with van der Waals surface area (Å²) in [7, 11) is 0. The first-order valence-electron chi connectivity index (χ1n) is 9.44. The Kier molecular flexibility index (Phi) is 5.84. The Morgan fingerprint density at radius 2 is 2.00 bits per heavy atom. The Bertz CT molecular complexity index is 800. The number of anilines is 1. The number of aromatic nitrogens is 2. The summed E-state index contributed by atoms with van der Waals surface area (Å²) in [5.74, 6) is 0.969. The normalized spacial score (nSPS) is 17.1. The molecule has 0 spiro atoms. The van der Waals surface area contributed by atoms with Crippen LogP contribution in [0.3, 0.4) is 0 Å². The van der Waals surface area contributed by atoms with Gasteiger partial charge in [0.25, 0.3) is 5.91 Å². The fraction of sp³-hybridized carbons (Fsp3) is 0.429. The summed E-state index contributed by atoms with van der Waals surface area (Å²) in [6, 6.07) is 7.16. The smallest absolute Gasteiger partial charge is 0.255 e. The summed E-state index contributed by atoms with van der Waals surface area (Å²) < 4.78 is 0. The minimum absolute atomic E-state index is 0.0433. The van der Waals surface area contributed by atoms with E-state index in [1.165, 1.54) is 0 Å². The molecule has 1 atom stereocenters. The molecule has 1 unspecified atom stereocenters. The molecular formula is C21H26N4O2. The van der Waals surface area contributed by atoms with Crippen LogP contribution in [0.25, 0.3) is 11.3 Å². The third-order valence-corrected chi connectivity index (χ3v) is 4.87. The molecule has 6 heteroatoms. The molecule has 1 amide bonds. The first-order valence-corrected chi connectivity index (χ1v) is 9.44. The summed E-state index contributed by atoms with van der Waals surface area (Å²) in [5.41, 5.74) is 7.73. The van der Waals surface area contributed by atoms with Crippen LogP contribution in [-0.4, -0.2) is 39.6 Å². The van der Waals surface area contributed by atoms with E-state index < -0.39 is 0 Å². The second-order valence-electron chi connectivity index (χ2n) is 7.56. The predicted molar refractivity (Wildman–Crippen MR) is 105 cm³/mol. The number of carbonyl (C=O) groups is 2. The molecule has 6 nitrogen and oxygen atoms in total. The molecule has 1 saturated heterocycles. The molecular weight excluding hydrogens is 340 g/mol. The van der Waals surface area contributed by atoms with Gasteiger partial charge in [0.1, 0.15) is 11.6 Å². The largest absolute Gasteiger partial charge is 0.384 e. The van der Waals surface area contributed by atoms with Crippen LogP contribution in [0.15, 0.2) is 36.7 Å². The van der Waals surface area contributed by atoms with Crippen LogP contribution in [-0.2, 0) is 4.79 Å². The molecule has 1 aliphatic rings. The molecule has 0 bridgehead atoms. The molecule has 1 aliphatic heterocycles. The quantitative estimate of drug-likeness (QED) is 0.878. The lowest BCUT2D eigenvalue weighted by Gasteiger charge is -2.32. The number of pyridine rings is 2. The molecule has 27 heavy (non-hydrogen) atoms. The van der Waals surface area contributed by atoms with Gasteiger partial charge in [-0.15, -0.1) is 0 Å². The summed E-state index contributed by atoms with van der Waals surface area (Å²) in [6.07, 6.45) is 5.57. The molecule has 0 aromatic carbocycles. The second kappa shape index (κ2) is 8.29. The van der Waals surface area contributed by atoms with Crippen LogP contribution in [0.4, 0.5) is 5.82 Å². The number of rotatable bonds is 5. The van der Waals surface area contributed by atoms with Gasteiger partial charge in [-0.25, -0.2) is 4.98 Å². The number of carbonyl (C=O) groups excluding carboxylic acids is 2. The topological polar surface area (TPSA) is 89.2 Å². The van der Waals surface area contributed by atoms with E-state index in [4.69, 9.17) is 5.73 Å². The lowest BCUT2D eigenvalue weighted by atomic mass is 9.89. The van der Waals surface area contributed by atoms with Gasteiger partial charge < -0.3 is 10.6 Å². The van der Waals surface area contributed by atoms with Gasteiger partial charge in [-0.2, -0.15) is 0 Å². The molecule has 2 aromatic heterocycles. The van der Waals surface area contributed by atoms with E-state index in [9.17, 15) is 9.59 Å². The monoisotopic (exact) mass is 366 g/mol. The van der Waals surface area contributed by atoms with Gasteiger partial charge in [0, 0.05) is 43.4 Å². The minimum atomic E-state index is -0.0634. The highest BCUT2D eigenvalue weighted by Gasteiger charge is 2.29. The zero-order valence-corrected chi connectivity index (χ0v) is 15.9. The molecule has 142 valence electrons. The van der Waals surface area contributed by atoms with Gasteiger partial charge in [0.2, 0.25) is 0 Å². The number of amides is 1. The van der Waals surface area contributed by atoms with Gasteiger partial charge in [-0.1, -0.05) is 13.8 Å². The fourth-order valence-corrected chi connectivity index (χ4v) is 3.42. The van der Waals surface area contributed by atoms with Crippen molar-refractivity contribution in [3.8, 4) is 11.3 Å². The fourth-order valence-electron chi connectivity index (χ4n) is 3.42. The third kappa shape index (κ3) is 4.70. The maximum Gasteiger partial charge on any atom is 0.255 e. The molecule has 3 rings (SSSR count). The lowest BCUT2D eigenvalue weighted by Crippen LogP contribution is -2.42. The van der Waals surface area contributed by atoms with Gasteiger partial charge >= 0.3 is 0 Å². The standard InChI is InChI=1S/C21H26N4O2/c1-14(2)10-19(26)17-4-3-9-25(13-17)21(27)16-5-7-18(23-12-16)15-6-8-20(22)24-11-15/h5-8,11-12,14,17H,3-4,9-10,13H2,1-2H3,(H2,22,24). The number of Topliss-reactive ketones (excluding diaryl/α,β-unsaturated/α-hetero) is 1. The van der Waals surface area contributed by atoms with Crippen LogP contribution in [0.1, 0.15) is 43.5 Å². The molecule has 0 aliphatic carbocycles. The molecule has 2 aromatic rings.